The second-order valence-corrected chi connectivity index (χ2v) is 7.30. The number of hydrogen-bond acceptors (Lipinski definition) is 2. The van der Waals surface area contributed by atoms with Crippen LogP contribution in [0.5, 0.6) is 0 Å². The van der Waals surface area contributed by atoms with Crippen LogP contribution in [0.25, 0.3) is 28.4 Å². The number of aromatic nitrogens is 3. The van der Waals surface area contributed by atoms with Crippen molar-refractivity contribution >= 4 is 45.3 Å². The van der Waals surface area contributed by atoms with Gasteiger partial charge in [0, 0.05) is 21.1 Å². The molecule has 0 atom stereocenters. The van der Waals surface area contributed by atoms with E-state index in [0.29, 0.717) is 11.4 Å². The van der Waals surface area contributed by atoms with E-state index in [2.05, 4.69) is 67.5 Å². The van der Waals surface area contributed by atoms with Crippen molar-refractivity contribution in [2.75, 3.05) is 0 Å². The number of fused-ring (bicyclic) bond motifs is 1. The van der Waals surface area contributed by atoms with Crippen LogP contribution in [0, 0.1) is 21.8 Å². The molecule has 126 valence electrons. The second kappa shape index (κ2) is 6.81. The Bertz CT molecular complexity index is 1160. The van der Waals surface area contributed by atoms with E-state index in [9.17, 15) is 5.26 Å². The van der Waals surface area contributed by atoms with E-state index in [1.807, 2.05) is 49.5 Å². The third-order valence-corrected chi connectivity index (χ3v) is 4.91. The van der Waals surface area contributed by atoms with Gasteiger partial charge in [-0.05, 0) is 89.7 Å². The summed E-state index contributed by atoms with van der Waals surface area (Å²) in [5.41, 5.74) is 5.44. The van der Waals surface area contributed by atoms with Crippen molar-refractivity contribution in [2.24, 2.45) is 0 Å². The highest BCUT2D eigenvalue weighted by Crippen LogP contribution is 2.22. The smallest absolute Gasteiger partial charge is 0.149 e. The molecule has 0 saturated heterocycles. The quantitative estimate of drug-likeness (QED) is 0.339. The van der Waals surface area contributed by atoms with Crippen molar-refractivity contribution in [3.05, 3.63) is 81.4 Å². The van der Waals surface area contributed by atoms with Crippen LogP contribution in [0.2, 0.25) is 0 Å². The molecule has 5 heteroatoms. The first kappa shape index (κ1) is 16.6. The predicted molar refractivity (Wildman–Crippen MR) is 113 cm³/mol. The largest absolute Gasteiger partial charge is 0.337 e. The van der Waals surface area contributed by atoms with E-state index in [1.165, 1.54) is 3.57 Å². The van der Waals surface area contributed by atoms with Crippen LogP contribution < -0.4 is 0 Å². The summed E-state index contributed by atoms with van der Waals surface area (Å²) in [5.74, 6) is 0.587. The van der Waals surface area contributed by atoms with Gasteiger partial charge in [-0.1, -0.05) is 6.07 Å². The summed E-state index contributed by atoms with van der Waals surface area (Å²) >= 11 is 2.29. The number of hydrogen-bond donors (Lipinski definition) is 1. The van der Waals surface area contributed by atoms with Gasteiger partial charge in [0.1, 0.15) is 11.9 Å². The molecule has 1 N–H and O–H groups in total. The first-order valence-corrected chi connectivity index (χ1v) is 9.24. The summed E-state index contributed by atoms with van der Waals surface area (Å²) in [6, 6.07) is 20.5. The molecule has 0 amide bonds. The maximum absolute atomic E-state index is 9.67. The minimum Gasteiger partial charge on any atom is -0.337 e. The van der Waals surface area contributed by atoms with Crippen LogP contribution in [0.4, 0.5) is 0 Å². The average Bonchev–Trinajstić information content (AvgIpc) is 3.26. The fraction of sp³-hybridized carbons (Fsp3) is 0.0476. The summed E-state index contributed by atoms with van der Waals surface area (Å²) < 4.78 is 3.24. The molecule has 2 aromatic heterocycles. The number of aromatic amines is 1. The van der Waals surface area contributed by atoms with Crippen LogP contribution in [-0.4, -0.2) is 14.5 Å². The summed E-state index contributed by atoms with van der Waals surface area (Å²) in [6.45, 7) is 2.04. The lowest BCUT2D eigenvalue weighted by molar-refractivity contribution is 1.06. The Morgan fingerprint density at radius 2 is 2.00 bits per heavy atom. The van der Waals surface area contributed by atoms with Gasteiger partial charge in [-0.3, -0.25) is 0 Å². The van der Waals surface area contributed by atoms with Crippen molar-refractivity contribution < 1.29 is 0 Å². The first-order valence-electron chi connectivity index (χ1n) is 8.16. The summed E-state index contributed by atoms with van der Waals surface area (Å²) in [6.07, 6.45) is 3.85. The zero-order valence-corrected chi connectivity index (χ0v) is 16.2. The average molecular weight is 450 g/mol. The van der Waals surface area contributed by atoms with Crippen molar-refractivity contribution in [3.8, 4) is 11.8 Å². The van der Waals surface area contributed by atoms with Gasteiger partial charge in [0.05, 0.1) is 16.6 Å². The molecule has 0 aliphatic carbocycles. The highest BCUT2D eigenvalue weighted by molar-refractivity contribution is 14.1. The molecule has 0 aliphatic heterocycles. The van der Waals surface area contributed by atoms with Crippen LogP contribution in [0.15, 0.2) is 60.8 Å². The van der Waals surface area contributed by atoms with E-state index in [0.717, 1.165) is 28.0 Å². The Morgan fingerprint density at radius 3 is 2.77 bits per heavy atom. The molecule has 2 aromatic carbocycles. The van der Waals surface area contributed by atoms with Gasteiger partial charge in [-0.15, -0.1) is 0 Å². The normalized spacial score (nSPS) is 11.7. The van der Waals surface area contributed by atoms with Crippen molar-refractivity contribution in [1.29, 1.82) is 5.26 Å². The minimum absolute atomic E-state index is 0.504. The Balaban J connectivity index is 1.77. The van der Waals surface area contributed by atoms with E-state index in [4.69, 9.17) is 0 Å². The maximum Gasteiger partial charge on any atom is 0.149 e. The van der Waals surface area contributed by atoms with Crippen LogP contribution >= 0.6 is 22.6 Å². The molecule has 4 aromatic rings. The fourth-order valence-electron chi connectivity index (χ4n) is 2.90. The number of nitriles is 1. The zero-order chi connectivity index (χ0) is 18.1. The Labute approximate surface area is 164 Å². The summed E-state index contributed by atoms with van der Waals surface area (Å²) in [4.78, 5) is 7.82. The second-order valence-electron chi connectivity index (χ2n) is 6.06. The molecule has 0 radical (unpaired) electrons. The van der Waals surface area contributed by atoms with E-state index < -0.39 is 0 Å². The lowest BCUT2D eigenvalue weighted by Crippen LogP contribution is -1.95. The van der Waals surface area contributed by atoms with Gasteiger partial charge < -0.3 is 9.55 Å². The Morgan fingerprint density at radius 1 is 1.19 bits per heavy atom. The van der Waals surface area contributed by atoms with Crippen molar-refractivity contribution in [2.45, 2.75) is 6.92 Å². The van der Waals surface area contributed by atoms with Gasteiger partial charge in [0.2, 0.25) is 0 Å². The molecule has 0 spiro atoms. The number of allylic oxidation sites excluding steroid dienone is 1. The monoisotopic (exact) mass is 450 g/mol. The Kier molecular flexibility index (Phi) is 4.35. The Hall–Kier alpha value is -2.85. The number of nitrogens with one attached hydrogen (secondary N) is 1. The van der Waals surface area contributed by atoms with Gasteiger partial charge in [0.25, 0.3) is 0 Å². The molecular weight excluding hydrogens is 435 g/mol. The molecule has 4 nitrogen and oxygen atoms in total. The number of nitrogens with zero attached hydrogens (tertiary/aromatic N) is 3. The lowest BCUT2D eigenvalue weighted by Gasteiger charge is -2.07. The SMILES string of the molecule is Cc1ccc2nc(/C(C#N)=C\c3cccn3-c3ccc(I)cc3)[nH]c2c1. The topological polar surface area (TPSA) is 57.4 Å². The van der Waals surface area contributed by atoms with Crippen LogP contribution in [0.3, 0.4) is 0 Å². The number of rotatable bonds is 3. The standard InChI is InChI=1S/C21H15IN4/c1-14-4-9-19-20(11-14)25-21(24-19)15(13-23)12-18-3-2-10-26(18)17-7-5-16(22)6-8-17/h2-12H,1H3,(H,24,25)/b15-12-. The summed E-state index contributed by atoms with van der Waals surface area (Å²) in [5, 5.41) is 9.67. The van der Waals surface area contributed by atoms with Crippen molar-refractivity contribution in [3.63, 3.8) is 0 Å². The number of H-pyrrole nitrogens is 1. The van der Waals surface area contributed by atoms with Gasteiger partial charge in [0.15, 0.2) is 0 Å². The molecule has 0 unspecified atom stereocenters. The molecule has 0 saturated carbocycles. The molecule has 4 rings (SSSR count). The van der Waals surface area contributed by atoms with Crippen LogP contribution in [-0.2, 0) is 0 Å². The van der Waals surface area contributed by atoms with Crippen molar-refractivity contribution in [1.82, 2.24) is 14.5 Å². The number of imidazole rings is 1. The lowest BCUT2D eigenvalue weighted by atomic mass is 10.2. The number of halogens is 1. The molecule has 0 aliphatic rings. The number of benzene rings is 2. The van der Waals surface area contributed by atoms with Gasteiger partial charge >= 0.3 is 0 Å². The van der Waals surface area contributed by atoms with Crippen LogP contribution in [0.1, 0.15) is 17.1 Å². The molecule has 0 fully saturated rings. The van der Waals surface area contributed by atoms with E-state index >= 15 is 0 Å². The third kappa shape index (κ3) is 3.16. The zero-order valence-electron chi connectivity index (χ0n) is 14.1. The molecular formula is C21H15IN4. The molecule has 2 heterocycles. The minimum atomic E-state index is 0.504. The van der Waals surface area contributed by atoms with Gasteiger partial charge in [-0.2, -0.15) is 5.26 Å². The molecule has 26 heavy (non-hydrogen) atoms. The third-order valence-electron chi connectivity index (χ3n) is 4.19. The van der Waals surface area contributed by atoms with Gasteiger partial charge in [-0.25, -0.2) is 4.98 Å². The molecule has 0 bridgehead atoms. The highest BCUT2D eigenvalue weighted by atomic mass is 127. The maximum atomic E-state index is 9.67. The highest BCUT2D eigenvalue weighted by Gasteiger charge is 2.10. The van der Waals surface area contributed by atoms with E-state index in [-0.39, 0.29) is 0 Å². The predicted octanol–water partition coefficient (Wildman–Crippen LogP) is 5.33. The number of aryl methyl sites for hydroxylation is 1. The summed E-state index contributed by atoms with van der Waals surface area (Å²) in [7, 11) is 0. The first-order chi connectivity index (χ1) is 12.6. The fourth-order valence-corrected chi connectivity index (χ4v) is 3.26. The van der Waals surface area contributed by atoms with E-state index in [1.54, 1.807) is 0 Å².